The number of amides is 1. The van der Waals surface area contributed by atoms with E-state index in [0.29, 0.717) is 16.9 Å². The first-order chi connectivity index (χ1) is 15.7. The summed E-state index contributed by atoms with van der Waals surface area (Å²) >= 11 is 6.17. The summed E-state index contributed by atoms with van der Waals surface area (Å²) in [5.74, 6) is 0.326. The number of ether oxygens (including phenoxy) is 2. The van der Waals surface area contributed by atoms with Gasteiger partial charge in [0.05, 0.1) is 29.8 Å². The maximum absolute atomic E-state index is 13.2. The van der Waals surface area contributed by atoms with Gasteiger partial charge in [-0.2, -0.15) is 0 Å². The highest BCUT2D eigenvalue weighted by Crippen LogP contribution is 2.37. The van der Waals surface area contributed by atoms with Gasteiger partial charge >= 0.3 is 0 Å². The van der Waals surface area contributed by atoms with E-state index in [0.717, 1.165) is 32.5 Å². The topological polar surface area (TPSA) is 97.0 Å². The Kier molecular flexibility index (Phi) is 8.10. The van der Waals surface area contributed by atoms with Gasteiger partial charge in [-0.25, -0.2) is 8.42 Å². The van der Waals surface area contributed by atoms with Crippen molar-refractivity contribution in [3.05, 3.63) is 46.5 Å². The number of sulfonamides is 1. The second kappa shape index (κ2) is 10.6. The molecule has 8 nitrogen and oxygen atoms in total. The fraction of sp³-hybridized carbons (Fsp3) is 0.435. The number of methoxy groups -OCH3 is 2. The highest BCUT2D eigenvalue weighted by molar-refractivity contribution is 7.92. The van der Waals surface area contributed by atoms with E-state index in [1.807, 2.05) is 0 Å². The second-order valence-electron chi connectivity index (χ2n) is 7.95. The number of nitrogens with one attached hydrogen (secondary N) is 2. The fourth-order valence-electron chi connectivity index (χ4n) is 3.83. The average Bonchev–Trinajstić information content (AvgIpc) is 2.79. The van der Waals surface area contributed by atoms with Gasteiger partial charge in [0.25, 0.3) is 15.9 Å². The number of carbonyl (C=O) groups is 1. The molecule has 10 heteroatoms. The minimum atomic E-state index is -4.03. The van der Waals surface area contributed by atoms with Crippen molar-refractivity contribution in [3.63, 3.8) is 0 Å². The molecule has 1 aliphatic rings. The largest absolute Gasteiger partial charge is 0.495 e. The minimum Gasteiger partial charge on any atom is -0.495 e. The zero-order chi connectivity index (χ0) is 24.2. The summed E-state index contributed by atoms with van der Waals surface area (Å²) in [6, 6.07) is 7.65. The molecular formula is C23H30ClN3O5S. The molecule has 0 spiro atoms. The third-order valence-corrected chi connectivity index (χ3v) is 7.63. The number of carbonyl (C=O) groups excluding carboxylic acids is 1. The fourth-order valence-corrected chi connectivity index (χ4v) is 5.41. The Labute approximate surface area is 200 Å². The molecule has 1 saturated heterocycles. The normalized spacial score (nSPS) is 15.2. The SMILES string of the molecule is CCN1CCC(NC(=O)c2ccc(C)c(S(=O)(=O)Nc3cc(Cl)c(OC)cc3OC)c2)CC1. The van der Waals surface area contributed by atoms with Crippen molar-refractivity contribution in [2.75, 3.05) is 38.6 Å². The average molecular weight is 496 g/mol. The van der Waals surface area contributed by atoms with Gasteiger partial charge < -0.3 is 19.7 Å². The molecule has 0 radical (unpaired) electrons. The van der Waals surface area contributed by atoms with E-state index >= 15 is 0 Å². The highest BCUT2D eigenvalue weighted by atomic mass is 35.5. The van der Waals surface area contributed by atoms with Gasteiger partial charge in [-0.1, -0.05) is 24.6 Å². The van der Waals surface area contributed by atoms with Crippen molar-refractivity contribution in [2.24, 2.45) is 0 Å². The number of hydrogen-bond donors (Lipinski definition) is 2. The number of hydrogen-bond acceptors (Lipinski definition) is 6. The molecule has 33 heavy (non-hydrogen) atoms. The van der Waals surface area contributed by atoms with E-state index in [1.54, 1.807) is 19.1 Å². The van der Waals surface area contributed by atoms with Crippen LogP contribution in [0.25, 0.3) is 0 Å². The number of nitrogens with zero attached hydrogens (tertiary/aromatic N) is 1. The molecule has 0 bridgehead atoms. The predicted octanol–water partition coefficient (Wildman–Crippen LogP) is 3.68. The van der Waals surface area contributed by atoms with Gasteiger partial charge in [-0.15, -0.1) is 0 Å². The van der Waals surface area contributed by atoms with Crippen LogP contribution in [0.4, 0.5) is 5.69 Å². The lowest BCUT2D eigenvalue weighted by Crippen LogP contribution is -2.44. The van der Waals surface area contributed by atoms with Gasteiger partial charge in [0.15, 0.2) is 0 Å². The summed E-state index contributed by atoms with van der Waals surface area (Å²) in [5, 5.41) is 3.27. The number of rotatable bonds is 8. The molecule has 2 aromatic rings. The van der Waals surface area contributed by atoms with Crippen LogP contribution < -0.4 is 19.5 Å². The van der Waals surface area contributed by atoms with Crippen molar-refractivity contribution in [1.29, 1.82) is 0 Å². The van der Waals surface area contributed by atoms with E-state index in [1.165, 1.54) is 32.4 Å². The summed E-state index contributed by atoms with van der Waals surface area (Å²) in [5.41, 5.74) is 0.966. The molecule has 0 saturated carbocycles. The molecule has 1 fully saturated rings. The van der Waals surface area contributed by atoms with Crippen molar-refractivity contribution >= 4 is 33.2 Å². The Morgan fingerprint density at radius 1 is 1.12 bits per heavy atom. The number of likely N-dealkylation sites (tertiary alicyclic amines) is 1. The van der Waals surface area contributed by atoms with E-state index in [4.69, 9.17) is 21.1 Å². The summed E-state index contributed by atoms with van der Waals surface area (Å²) in [6.45, 7) is 6.67. The van der Waals surface area contributed by atoms with Crippen molar-refractivity contribution in [3.8, 4) is 11.5 Å². The predicted molar refractivity (Wildman–Crippen MR) is 129 cm³/mol. The number of anilines is 1. The van der Waals surface area contributed by atoms with Crippen LogP contribution in [0.2, 0.25) is 5.02 Å². The van der Waals surface area contributed by atoms with Gasteiger partial charge in [0.1, 0.15) is 11.5 Å². The zero-order valence-corrected chi connectivity index (χ0v) is 20.8. The van der Waals surface area contributed by atoms with Crippen LogP contribution in [0, 0.1) is 6.92 Å². The van der Waals surface area contributed by atoms with Crippen LogP contribution in [0.15, 0.2) is 35.2 Å². The van der Waals surface area contributed by atoms with Gasteiger partial charge in [-0.05, 0) is 50.1 Å². The maximum atomic E-state index is 13.2. The Morgan fingerprint density at radius 3 is 2.39 bits per heavy atom. The molecule has 3 rings (SSSR count). The van der Waals surface area contributed by atoms with Crippen LogP contribution in [0.5, 0.6) is 11.5 Å². The number of piperidine rings is 1. The molecule has 2 aromatic carbocycles. The standard InChI is InChI=1S/C23H30ClN3O5S/c1-5-27-10-8-17(9-11-27)25-23(28)16-7-6-15(2)22(12-16)33(29,30)26-19-13-18(24)20(31-3)14-21(19)32-4/h6-7,12-14,17,26H,5,8-11H2,1-4H3,(H,25,28). The van der Waals surface area contributed by atoms with E-state index in [-0.39, 0.29) is 33.3 Å². The van der Waals surface area contributed by atoms with Gasteiger partial charge in [-0.3, -0.25) is 9.52 Å². The van der Waals surface area contributed by atoms with Gasteiger partial charge in [0.2, 0.25) is 0 Å². The smallest absolute Gasteiger partial charge is 0.262 e. The quantitative estimate of drug-likeness (QED) is 0.580. The maximum Gasteiger partial charge on any atom is 0.262 e. The Balaban J connectivity index is 1.82. The third kappa shape index (κ3) is 5.90. The molecule has 0 unspecified atom stereocenters. The van der Waals surface area contributed by atoms with E-state index < -0.39 is 10.0 Å². The summed E-state index contributed by atoms with van der Waals surface area (Å²) in [4.78, 5) is 15.2. The first-order valence-electron chi connectivity index (χ1n) is 10.8. The van der Waals surface area contributed by atoms with E-state index in [2.05, 4.69) is 21.9 Å². The molecular weight excluding hydrogens is 466 g/mol. The first kappa shape index (κ1) is 25.1. The monoisotopic (exact) mass is 495 g/mol. The van der Waals surface area contributed by atoms with Crippen LogP contribution in [-0.4, -0.2) is 59.1 Å². The van der Waals surface area contributed by atoms with Crippen molar-refractivity contribution in [1.82, 2.24) is 10.2 Å². The van der Waals surface area contributed by atoms with Crippen LogP contribution >= 0.6 is 11.6 Å². The lowest BCUT2D eigenvalue weighted by atomic mass is 10.0. The van der Waals surface area contributed by atoms with Crippen LogP contribution in [0.1, 0.15) is 35.7 Å². The number of aryl methyl sites for hydroxylation is 1. The van der Waals surface area contributed by atoms with Crippen LogP contribution in [0.3, 0.4) is 0 Å². The molecule has 180 valence electrons. The molecule has 2 N–H and O–H groups in total. The minimum absolute atomic E-state index is 0.00458. The molecule has 0 aliphatic carbocycles. The molecule has 1 aliphatic heterocycles. The van der Waals surface area contributed by atoms with Crippen molar-refractivity contribution < 1.29 is 22.7 Å². The lowest BCUT2D eigenvalue weighted by Gasteiger charge is -2.31. The summed E-state index contributed by atoms with van der Waals surface area (Å²) < 4.78 is 39.4. The van der Waals surface area contributed by atoms with Gasteiger partial charge in [0, 0.05) is 30.8 Å². The molecule has 1 amide bonds. The lowest BCUT2D eigenvalue weighted by molar-refractivity contribution is 0.0912. The third-order valence-electron chi connectivity index (χ3n) is 5.83. The Hall–Kier alpha value is -2.49. The summed E-state index contributed by atoms with van der Waals surface area (Å²) in [7, 11) is -1.15. The van der Waals surface area contributed by atoms with Crippen molar-refractivity contribution in [2.45, 2.75) is 37.6 Å². The molecule has 0 aromatic heterocycles. The zero-order valence-electron chi connectivity index (χ0n) is 19.3. The number of halogens is 1. The van der Waals surface area contributed by atoms with E-state index in [9.17, 15) is 13.2 Å². The highest BCUT2D eigenvalue weighted by Gasteiger charge is 2.24. The molecule has 0 atom stereocenters. The Bertz CT molecular complexity index is 1120. The Morgan fingerprint density at radius 2 is 1.79 bits per heavy atom. The second-order valence-corrected chi connectivity index (χ2v) is 10.0. The van der Waals surface area contributed by atoms with Crippen LogP contribution in [-0.2, 0) is 10.0 Å². The first-order valence-corrected chi connectivity index (χ1v) is 12.6. The number of benzene rings is 2. The molecule has 1 heterocycles. The summed E-state index contributed by atoms with van der Waals surface area (Å²) in [6.07, 6.45) is 1.74.